The van der Waals surface area contributed by atoms with Gasteiger partial charge in [0.1, 0.15) is 0 Å². The first-order valence-corrected chi connectivity index (χ1v) is 4.91. The van der Waals surface area contributed by atoms with E-state index in [1.807, 2.05) is 24.3 Å². The molecule has 0 fully saturated rings. The van der Waals surface area contributed by atoms with Crippen LogP contribution in [-0.2, 0) is 0 Å². The Morgan fingerprint density at radius 2 is 1.27 bits per heavy atom. The van der Waals surface area contributed by atoms with Crippen molar-refractivity contribution in [3.8, 4) is 0 Å². The van der Waals surface area contributed by atoms with Gasteiger partial charge >= 0.3 is 0 Å². The van der Waals surface area contributed by atoms with Crippen LogP contribution < -0.4 is 5.73 Å². The molecule has 2 heterocycles. The van der Waals surface area contributed by atoms with Gasteiger partial charge in [0.25, 0.3) is 0 Å². The van der Waals surface area contributed by atoms with Crippen molar-refractivity contribution < 1.29 is 0 Å². The van der Waals surface area contributed by atoms with Gasteiger partial charge in [0.2, 0.25) is 0 Å². The summed E-state index contributed by atoms with van der Waals surface area (Å²) in [6.45, 7) is 0.591. The topological polar surface area (TPSA) is 51.8 Å². The van der Waals surface area contributed by atoms with Gasteiger partial charge in [0.05, 0.1) is 0 Å². The number of hydrogen-bond acceptors (Lipinski definition) is 3. The van der Waals surface area contributed by atoms with E-state index in [0.717, 1.165) is 0 Å². The molecule has 0 radical (unpaired) electrons. The van der Waals surface area contributed by atoms with Gasteiger partial charge in [-0.15, -0.1) is 0 Å². The molecule has 0 saturated heterocycles. The number of hydrogen-bond donors (Lipinski definition) is 1. The van der Waals surface area contributed by atoms with Crippen molar-refractivity contribution in [2.45, 2.75) is 5.92 Å². The summed E-state index contributed by atoms with van der Waals surface area (Å²) in [4.78, 5) is 8.01. The van der Waals surface area contributed by atoms with Gasteiger partial charge in [-0.1, -0.05) is 0 Å². The molecule has 0 amide bonds. The SMILES string of the molecule is NCC(c1ccncc1)c1ccncc1. The standard InChI is InChI=1S/C12H13N3/c13-9-12(10-1-5-14-6-2-10)11-3-7-15-8-4-11/h1-8,12H,9,13H2. The number of aromatic nitrogens is 2. The van der Waals surface area contributed by atoms with Crippen molar-refractivity contribution in [3.63, 3.8) is 0 Å². The quantitative estimate of drug-likeness (QED) is 0.816. The predicted molar refractivity (Wildman–Crippen MR) is 59.4 cm³/mol. The Hall–Kier alpha value is -1.74. The lowest BCUT2D eigenvalue weighted by molar-refractivity contribution is 0.814. The first kappa shape index (κ1) is 9.80. The molecule has 2 aromatic heterocycles. The fourth-order valence-electron chi connectivity index (χ4n) is 1.66. The number of nitrogens with two attached hydrogens (primary N) is 1. The Labute approximate surface area is 89.0 Å². The highest BCUT2D eigenvalue weighted by Crippen LogP contribution is 2.21. The van der Waals surface area contributed by atoms with E-state index in [4.69, 9.17) is 5.73 Å². The van der Waals surface area contributed by atoms with E-state index in [2.05, 4.69) is 9.97 Å². The average molecular weight is 199 g/mol. The molecular weight excluding hydrogens is 186 g/mol. The summed E-state index contributed by atoms with van der Waals surface area (Å²) in [7, 11) is 0. The average Bonchev–Trinajstić information content (AvgIpc) is 2.33. The highest BCUT2D eigenvalue weighted by atomic mass is 14.6. The molecule has 76 valence electrons. The van der Waals surface area contributed by atoms with Crippen molar-refractivity contribution in [1.82, 2.24) is 9.97 Å². The van der Waals surface area contributed by atoms with Crippen molar-refractivity contribution in [3.05, 3.63) is 60.2 Å². The summed E-state index contributed by atoms with van der Waals surface area (Å²) in [5.74, 6) is 0.232. The zero-order valence-electron chi connectivity index (χ0n) is 8.38. The number of rotatable bonds is 3. The minimum atomic E-state index is 0.232. The molecule has 2 N–H and O–H groups in total. The van der Waals surface area contributed by atoms with E-state index in [1.165, 1.54) is 11.1 Å². The van der Waals surface area contributed by atoms with E-state index in [9.17, 15) is 0 Å². The molecule has 3 heteroatoms. The van der Waals surface area contributed by atoms with Crippen LogP contribution in [0.5, 0.6) is 0 Å². The third kappa shape index (κ3) is 2.19. The molecule has 0 bridgehead atoms. The van der Waals surface area contributed by atoms with Crippen molar-refractivity contribution in [2.24, 2.45) is 5.73 Å². The summed E-state index contributed by atoms with van der Waals surface area (Å²) < 4.78 is 0. The lowest BCUT2D eigenvalue weighted by Gasteiger charge is -2.14. The molecule has 15 heavy (non-hydrogen) atoms. The molecule has 0 atom stereocenters. The molecule has 0 spiro atoms. The van der Waals surface area contributed by atoms with Crippen LogP contribution in [0.15, 0.2) is 49.1 Å². The smallest absolute Gasteiger partial charge is 0.0270 e. The van der Waals surface area contributed by atoms with Gasteiger partial charge < -0.3 is 5.73 Å². The lowest BCUT2D eigenvalue weighted by atomic mass is 9.93. The van der Waals surface area contributed by atoms with Crippen LogP contribution in [0.1, 0.15) is 17.0 Å². The van der Waals surface area contributed by atoms with Crippen molar-refractivity contribution >= 4 is 0 Å². The van der Waals surface area contributed by atoms with E-state index in [0.29, 0.717) is 6.54 Å². The maximum atomic E-state index is 5.80. The van der Waals surface area contributed by atoms with Crippen LogP contribution >= 0.6 is 0 Å². The van der Waals surface area contributed by atoms with Crippen LogP contribution in [0, 0.1) is 0 Å². The van der Waals surface area contributed by atoms with Crippen LogP contribution in [-0.4, -0.2) is 16.5 Å². The molecule has 3 nitrogen and oxygen atoms in total. The van der Waals surface area contributed by atoms with Crippen LogP contribution in [0.4, 0.5) is 0 Å². The fourth-order valence-corrected chi connectivity index (χ4v) is 1.66. The van der Waals surface area contributed by atoms with Crippen LogP contribution in [0.3, 0.4) is 0 Å². The van der Waals surface area contributed by atoms with Gasteiger partial charge in [0, 0.05) is 37.3 Å². The highest BCUT2D eigenvalue weighted by molar-refractivity contribution is 5.30. The molecule has 0 saturated carbocycles. The minimum absolute atomic E-state index is 0.232. The van der Waals surface area contributed by atoms with Gasteiger partial charge in [-0.05, 0) is 35.4 Å². The Balaban J connectivity index is 2.34. The second kappa shape index (κ2) is 4.66. The number of nitrogens with zero attached hydrogens (tertiary/aromatic N) is 2. The second-order valence-electron chi connectivity index (χ2n) is 3.35. The fraction of sp³-hybridized carbons (Fsp3) is 0.167. The number of pyridine rings is 2. The predicted octanol–water partition coefficient (Wildman–Crippen LogP) is 1.57. The molecule has 0 aromatic carbocycles. The van der Waals surface area contributed by atoms with Gasteiger partial charge in [-0.25, -0.2) is 0 Å². The second-order valence-corrected chi connectivity index (χ2v) is 3.35. The largest absolute Gasteiger partial charge is 0.330 e. The molecule has 0 aliphatic rings. The first-order chi connectivity index (χ1) is 7.42. The van der Waals surface area contributed by atoms with E-state index < -0.39 is 0 Å². The lowest BCUT2D eigenvalue weighted by Crippen LogP contribution is -2.13. The van der Waals surface area contributed by atoms with E-state index >= 15 is 0 Å². The zero-order valence-corrected chi connectivity index (χ0v) is 8.38. The summed E-state index contributed by atoms with van der Waals surface area (Å²) in [6, 6.07) is 7.99. The van der Waals surface area contributed by atoms with E-state index in [1.54, 1.807) is 24.8 Å². The summed E-state index contributed by atoms with van der Waals surface area (Å²) >= 11 is 0. The molecule has 0 unspecified atom stereocenters. The van der Waals surface area contributed by atoms with Gasteiger partial charge in [0.15, 0.2) is 0 Å². The van der Waals surface area contributed by atoms with Gasteiger partial charge in [-0.3, -0.25) is 9.97 Å². The normalized spacial score (nSPS) is 10.5. The minimum Gasteiger partial charge on any atom is -0.330 e. The van der Waals surface area contributed by atoms with Crippen LogP contribution in [0.25, 0.3) is 0 Å². The summed E-state index contributed by atoms with van der Waals surface area (Å²) in [5.41, 5.74) is 8.18. The molecular formula is C12H13N3. The Bertz CT molecular complexity index is 360. The van der Waals surface area contributed by atoms with Crippen molar-refractivity contribution in [1.29, 1.82) is 0 Å². The highest BCUT2D eigenvalue weighted by Gasteiger charge is 2.11. The maximum Gasteiger partial charge on any atom is 0.0270 e. The van der Waals surface area contributed by atoms with E-state index in [-0.39, 0.29) is 5.92 Å². The Morgan fingerprint density at radius 3 is 1.60 bits per heavy atom. The monoisotopic (exact) mass is 199 g/mol. The van der Waals surface area contributed by atoms with Gasteiger partial charge in [-0.2, -0.15) is 0 Å². The molecule has 0 aliphatic carbocycles. The van der Waals surface area contributed by atoms with Crippen molar-refractivity contribution in [2.75, 3.05) is 6.54 Å². The Morgan fingerprint density at radius 1 is 0.867 bits per heavy atom. The molecule has 0 aliphatic heterocycles. The molecule has 2 aromatic rings. The maximum absolute atomic E-state index is 5.80. The summed E-state index contributed by atoms with van der Waals surface area (Å²) in [5, 5.41) is 0. The zero-order chi connectivity index (χ0) is 10.5. The third-order valence-electron chi connectivity index (χ3n) is 2.45. The van der Waals surface area contributed by atoms with Crippen LogP contribution in [0.2, 0.25) is 0 Å². The molecule has 2 rings (SSSR count). The first-order valence-electron chi connectivity index (χ1n) is 4.91. The third-order valence-corrected chi connectivity index (χ3v) is 2.45. The Kier molecular flexibility index (Phi) is 3.05. The summed E-state index contributed by atoms with van der Waals surface area (Å²) in [6.07, 6.45) is 7.16.